The molecule has 0 unspecified atom stereocenters. The highest BCUT2D eigenvalue weighted by molar-refractivity contribution is 8.18. The van der Waals surface area contributed by atoms with Gasteiger partial charge in [0.2, 0.25) is 0 Å². The fraction of sp³-hybridized carbons (Fsp3) is 0.0690. The summed E-state index contributed by atoms with van der Waals surface area (Å²) in [6, 6.07) is 25.4. The summed E-state index contributed by atoms with van der Waals surface area (Å²) in [6.07, 6.45) is 4.89. The van der Waals surface area contributed by atoms with Gasteiger partial charge in [0.05, 0.1) is 31.0 Å². The van der Waals surface area contributed by atoms with E-state index in [1.807, 2.05) is 54.6 Å². The van der Waals surface area contributed by atoms with E-state index in [0.717, 1.165) is 11.3 Å². The molecular formula is C29H23N3O5S. The second-order valence-electron chi connectivity index (χ2n) is 8.13. The van der Waals surface area contributed by atoms with E-state index >= 15 is 0 Å². The monoisotopic (exact) mass is 525 g/mol. The molecular weight excluding hydrogens is 502 g/mol. The molecule has 8 nitrogen and oxygen atoms in total. The van der Waals surface area contributed by atoms with Gasteiger partial charge in [-0.25, -0.2) is 0 Å². The van der Waals surface area contributed by atoms with Crippen LogP contribution in [0.2, 0.25) is 0 Å². The minimum absolute atomic E-state index is 0.0329. The number of hydrogen-bond acceptors (Lipinski definition) is 8. The Kier molecular flexibility index (Phi) is 7.56. The van der Waals surface area contributed by atoms with E-state index < -0.39 is 0 Å². The molecule has 1 aromatic heterocycles. The molecule has 1 N–H and O–H groups in total. The van der Waals surface area contributed by atoms with Crippen LogP contribution in [0.1, 0.15) is 16.9 Å². The summed E-state index contributed by atoms with van der Waals surface area (Å²) >= 11 is 1.23. The summed E-state index contributed by atoms with van der Waals surface area (Å²) in [4.78, 5) is 15.4. The number of ether oxygens (including phenoxy) is 2. The summed E-state index contributed by atoms with van der Waals surface area (Å²) in [6.45, 7) is 0.217. The summed E-state index contributed by atoms with van der Waals surface area (Å²) in [5, 5.41) is 18.7. The molecule has 0 spiro atoms. The lowest BCUT2D eigenvalue weighted by molar-refractivity contribution is -0.122. The second-order valence-corrected chi connectivity index (χ2v) is 9.14. The molecule has 5 rings (SSSR count). The van der Waals surface area contributed by atoms with Gasteiger partial charge < -0.3 is 19.0 Å². The van der Waals surface area contributed by atoms with Gasteiger partial charge in [-0.1, -0.05) is 30.3 Å². The topological polar surface area (TPSA) is 96.9 Å². The number of thioether (sulfide) groups is 1. The van der Waals surface area contributed by atoms with Crippen molar-refractivity contribution in [3.63, 3.8) is 0 Å². The van der Waals surface area contributed by atoms with Gasteiger partial charge in [0.15, 0.2) is 16.7 Å². The van der Waals surface area contributed by atoms with E-state index in [1.165, 1.54) is 36.1 Å². The summed E-state index contributed by atoms with van der Waals surface area (Å²) < 4.78 is 16.5. The number of para-hydroxylation sites is 1. The normalized spacial score (nSPS) is 15.6. The number of amidine groups is 1. The first kappa shape index (κ1) is 24.9. The first-order valence-corrected chi connectivity index (χ1v) is 12.5. The SMILES string of the molecule is COc1cc(/C=N/N=C2\S/C(=C\c3cccc(Oc4ccccc4)c3)C(=O)N2Cc2ccco2)ccc1O. The van der Waals surface area contributed by atoms with Gasteiger partial charge in [0.1, 0.15) is 17.3 Å². The number of hydrogen-bond donors (Lipinski definition) is 1. The van der Waals surface area contributed by atoms with Gasteiger partial charge >= 0.3 is 0 Å². The van der Waals surface area contributed by atoms with Crippen molar-refractivity contribution in [3.8, 4) is 23.0 Å². The van der Waals surface area contributed by atoms with Crippen molar-refractivity contribution in [1.82, 2.24) is 4.90 Å². The van der Waals surface area contributed by atoms with Gasteiger partial charge in [0.25, 0.3) is 5.91 Å². The number of phenolic OH excluding ortho intramolecular Hbond substituents is 1. The smallest absolute Gasteiger partial charge is 0.267 e. The largest absolute Gasteiger partial charge is 0.504 e. The fourth-order valence-corrected chi connectivity index (χ4v) is 4.58. The number of nitrogens with zero attached hydrogens (tertiary/aromatic N) is 3. The molecule has 38 heavy (non-hydrogen) atoms. The van der Waals surface area contributed by atoms with Crippen molar-refractivity contribution in [2.75, 3.05) is 7.11 Å². The molecule has 190 valence electrons. The molecule has 1 saturated heterocycles. The average Bonchev–Trinajstić information content (AvgIpc) is 3.55. The number of benzene rings is 3. The molecule has 1 amide bonds. The predicted molar refractivity (Wildman–Crippen MR) is 147 cm³/mol. The summed E-state index contributed by atoms with van der Waals surface area (Å²) in [7, 11) is 1.47. The van der Waals surface area contributed by atoms with Crippen LogP contribution in [0.5, 0.6) is 23.0 Å². The third-order valence-corrected chi connectivity index (χ3v) is 6.47. The number of methoxy groups -OCH3 is 1. The molecule has 0 atom stereocenters. The Morgan fingerprint density at radius 2 is 1.82 bits per heavy atom. The molecule has 2 heterocycles. The third kappa shape index (κ3) is 5.96. The summed E-state index contributed by atoms with van der Waals surface area (Å²) in [5.74, 6) is 2.17. The minimum Gasteiger partial charge on any atom is -0.504 e. The Balaban J connectivity index is 1.40. The number of phenols is 1. The molecule has 9 heteroatoms. The van der Waals surface area contributed by atoms with Crippen LogP contribution in [-0.2, 0) is 11.3 Å². The van der Waals surface area contributed by atoms with Gasteiger partial charge in [-0.05, 0) is 83.6 Å². The maximum Gasteiger partial charge on any atom is 0.267 e. The Hall–Kier alpha value is -4.76. The first-order valence-electron chi connectivity index (χ1n) is 11.6. The van der Waals surface area contributed by atoms with E-state index in [9.17, 15) is 9.90 Å². The lowest BCUT2D eigenvalue weighted by Gasteiger charge is -2.12. The average molecular weight is 526 g/mol. The second kappa shape index (κ2) is 11.5. The highest BCUT2D eigenvalue weighted by atomic mass is 32.2. The molecule has 0 radical (unpaired) electrons. The third-order valence-electron chi connectivity index (χ3n) is 5.47. The van der Waals surface area contributed by atoms with Crippen molar-refractivity contribution in [2.24, 2.45) is 10.2 Å². The van der Waals surface area contributed by atoms with Crippen LogP contribution in [0, 0.1) is 0 Å². The zero-order valence-corrected chi connectivity index (χ0v) is 21.2. The Bertz CT molecular complexity index is 1510. The van der Waals surface area contributed by atoms with E-state index in [2.05, 4.69) is 10.2 Å². The molecule has 1 aliphatic rings. The van der Waals surface area contributed by atoms with E-state index in [0.29, 0.717) is 32.9 Å². The Morgan fingerprint density at radius 1 is 0.974 bits per heavy atom. The zero-order valence-electron chi connectivity index (χ0n) is 20.4. The summed E-state index contributed by atoms with van der Waals surface area (Å²) in [5.41, 5.74) is 1.50. The Morgan fingerprint density at radius 3 is 2.61 bits per heavy atom. The number of aromatic hydroxyl groups is 1. The number of rotatable bonds is 8. The van der Waals surface area contributed by atoms with E-state index in [4.69, 9.17) is 13.9 Å². The number of carbonyl (C=O) groups is 1. The highest BCUT2D eigenvalue weighted by Gasteiger charge is 2.34. The molecule has 0 bridgehead atoms. The van der Waals surface area contributed by atoms with Crippen molar-refractivity contribution in [1.29, 1.82) is 0 Å². The van der Waals surface area contributed by atoms with Crippen LogP contribution in [0.4, 0.5) is 0 Å². The van der Waals surface area contributed by atoms with Crippen molar-refractivity contribution in [2.45, 2.75) is 6.54 Å². The standard InChI is InChI=1S/C29H23N3O5S/c1-35-26-16-21(12-13-25(26)33)18-30-31-29-32(19-24-11-6-14-36-24)28(34)27(38-29)17-20-7-5-10-23(15-20)37-22-8-3-2-4-9-22/h2-18,33H,19H2,1H3/b27-17-,30-18+,31-29-. The lowest BCUT2D eigenvalue weighted by atomic mass is 10.2. The van der Waals surface area contributed by atoms with Gasteiger partial charge in [0, 0.05) is 0 Å². The highest BCUT2D eigenvalue weighted by Crippen LogP contribution is 2.34. The molecule has 0 saturated carbocycles. The Labute approximate surface area is 223 Å². The van der Waals surface area contributed by atoms with Crippen LogP contribution in [0.15, 0.2) is 111 Å². The van der Waals surface area contributed by atoms with E-state index in [-0.39, 0.29) is 18.2 Å². The van der Waals surface area contributed by atoms with Crippen molar-refractivity contribution in [3.05, 3.63) is 113 Å². The predicted octanol–water partition coefficient (Wildman–Crippen LogP) is 6.29. The van der Waals surface area contributed by atoms with Gasteiger partial charge in [-0.15, -0.1) is 5.10 Å². The molecule has 0 aliphatic carbocycles. The van der Waals surface area contributed by atoms with Crippen molar-refractivity contribution < 1.29 is 23.8 Å². The first-order chi connectivity index (χ1) is 18.6. The molecule has 1 fully saturated rings. The van der Waals surface area contributed by atoms with Crippen LogP contribution in [0.3, 0.4) is 0 Å². The van der Waals surface area contributed by atoms with Crippen molar-refractivity contribution >= 4 is 35.1 Å². The molecule has 3 aromatic carbocycles. The fourth-order valence-electron chi connectivity index (χ4n) is 3.64. The van der Waals surface area contributed by atoms with Gasteiger partial charge in [-0.2, -0.15) is 5.10 Å². The van der Waals surface area contributed by atoms with Crippen LogP contribution >= 0.6 is 11.8 Å². The van der Waals surface area contributed by atoms with Gasteiger partial charge in [-0.3, -0.25) is 9.69 Å². The molecule has 4 aromatic rings. The van der Waals surface area contributed by atoms with Crippen LogP contribution in [0.25, 0.3) is 6.08 Å². The lowest BCUT2D eigenvalue weighted by Crippen LogP contribution is -2.28. The quantitative estimate of drug-likeness (QED) is 0.165. The number of amides is 1. The molecule has 1 aliphatic heterocycles. The zero-order chi connectivity index (χ0) is 26.3. The maximum atomic E-state index is 13.4. The minimum atomic E-state index is -0.207. The van der Waals surface area contributed by atoms with E-state index in [1.54, 1.807) is 36.6 Å². The maximum absolute atomic E-state index is 13.4. The number of furan rings is 1. The number of carbonyl (C=O) groups excluding carboxylic acids is 1. The van der Waals surface area contributed by atoms with Crippen LogP contribution in [-0.4, -0.2) is 34.4 Å². The van der Waals surface area contributed by atoms with Crippen LogP contribution < -0.4 is 9.47 Å².